The Labute approximate surface area is 117 Å². The van der Waals surface area contributed by atoms with E-state index in [1.165, 1.54) is 12.1 Å². The molecule has 0 radical (unpaired) electrons. The van der Waals surface area contributed by atoms with Crippen LogP contribution in [-0.2, 0) is 6.54 Å². The molecule has 0 aliphatic heterocycles. The molecule has 0 atom stereocenters. The van der Waals surface area contributed by atoms with E-state index in [1.54, 1.807) is 18.3 Å². The molecule has 1 N–H and O–H groups in total. The highest BCUT2D eigenvalue weighted by atomic mass is 35.5. The topological polar surface area (TPSA) is 28.2 Å². The molecule has 0 fully saturated rings. The minimum absolute atomic E-state index is 0.253. The highest BCUT2D eigenvalue weighted by molar-refractivity contribution is 6.31. The molecule has 0 amide bonds. The molecule has 0 unspecified atom stereocenters. The van der Waals surface area contributed by atoms with Crippen LogP contribution in [0.1, 0.15) is 5.56 Å². The van der Waals surface area contributed by atoms with Gasteiger partial charge in [0.15, 0.2) is 0 Å². The van der Waals surface area contributed by atoms with E-state index in [1.807, 2.05) is 25.1 Å². The van der Waals surface area contributed by atoms with Crippen LogP contribution in [0, 0.1) is 5.82 Å². The fraction of sp³-hybridized carbons (Fsp3) is 0.214. The average molecular weight is 280 g/mol. The molecular weight excluding hydrogens is 265 g/mol. The van der Waals surface area contributed by atoms with Gasteiger partial charge in [0.25, 0.3) is 0 Å². The second-order valence-electron chi connectivity index (χ2n) is 4.20. The Bertz CT molecular complexity index is 557. The first-order valence-electron chi connectivity index (χ1n) is 5.90. The van der Waals surface area contributed by atoms with E-state index in [0.717, 1.165) is 17.1 Å². The SMILES string of the molecule is CNCc1cc(N(C)c2ccc(F)cc2)ncc1Cl. The van der Waals surface area contributed by atoms with E-state index in [0.29, 0.717) is 11.6 Å². The normalized spacial score (nSPS) is 10.5. The van der Waals surface area contributed by atoms with Gasteiger partial charge in [-0.1, -0.05) is 11.6 Å². The van der Waals surface area contributed by atoms with Gasteiger partial charge in [0, 0.05) is 25.5 Å². The maximum atomic E-state index is 12.9. The molecule has 1 heterocycles. The van der Waals surface area contributed by atoms with Crippen molar-refractivity contribution in [1.82, 2.24) is 10.3 Å². The van der Waals surface area contributed by atoms with Crippen molar-refractivity contribution in [3.8, 4) is 0 Å². The van der Waals surface area contributed by atoms with Crippen LogP contribution in [-0.4, -0.2) is 19.1 Å². The molecule has 0 aliphatic carbocycles. The summed E-state index contributed by atoms with van der Waals surface area (Å²) in [5.41, 5.74) is 1.84. The summed E-state index contributed by atoms with van der Waals surface area (Å²) in [5.74, 6) is 0.512. The third-order valence-electron chi connectivity index (χ3n) is 2.85. The van der Waals surface area contributed by atoms with Crippen LogP contribution in [0.4, 0.5) is 15.9 Å². The molecular formula is C14H15ClFN3. The van der Waals surface area contributed by atoms with Gasteiger partial charge in [0.1, 0.15) is 11.6 Å². The maximum absolute atomic E-state index is 12.9. The third kappa shape index (κ3) is 3.22. The first kappa shape index (κ1) is 13.8. The molecule has 0 aliphatic rings. The number of anilines is 2. The van der Waals surface area contributed by atoms with Crippen LogP contribution in [0.5, 0.6) is 0 Å². The molecule has 2 rings (SSSR count). The predicted octanol–water partition coefficient (Wildman–Crippen LogP) is 3.36. The Morgan fingerprint density at radius 1 is 1.32 bits per heavy atom. The van der Waals surface area contributed by atoms with E-state index in [4.69, 9.17) is 11.6 Å². The van der Waals surface area contributed by atoms with Gasteiger partial charge in [-0.15, -0.1) is 0 Å². The number of rotatable bonds is 4. The molecule has 1 aromatic heterocycles. The highest BCUT2D eigenvalue weighted by Gasteiger charge is 2.08. The lowest BCUT2D eigenvalue weighted by molar-refractivity contribution is 0.628. The Balaban J connectivity index is 2.30. The van der Waals surface area contributed by atoms with Crippen molar-refractivity contribution < 1.29 is 4.39 Å². The number of benzene rings is 1. The minimum Gasteiger partial charge on any atom is -0.329 e. The lowest BCUT2D eigenvalue weighted by Gasteiger charge is -2.19. The molecule has 3 nitrogen and oxygen atoms in total. The molecule has 0 bridgehead atoms. The number of halogens is 2. The number of pyridine rings is 1. The van der Waals surface area contributed by atoms with Gasteiger partial charge in [-0.3, -0.25) is 0 Å². The van der Waals surface area contributed by atoms with Crippen molar-refractivity contribution >= 4 is 23.1 Å². The van der Waals surface area contributed by atoms with Gasteiger partial charge in [-0.05, 0) is 42.9 Å². The monoisotopic (exact) mass is 279 g/mol. The summed E-state index contributed by atoms with van der Waals surface area (Å²) in [6.45, 7) is 0.672. The number of hydrogen-bond acceptors (Lipinski definition) is 3. The van der Waals surface area contributed by atoms with Crippen LogP contribution in [0.2, 0.25) is 5.02 Å². The van der Waals surface area contributed by atoms with Crippen LogP contribution in [0.15, 0.2) is 36.5 Å². The number of nitrogens with zero attached hydrogens (tertiary/aromatic N) is 2. The van der Waals surface area contributed by atoms with Gasteiger partial charge >= 0.3 is 0 Å². The van der Waals surface area contributed by atoms with Crippen LogP contribution in [0.3, 0.4) is 0 Å². The fourth-order valence-corrected chi connectivity index (χ4v) is 1.94. The zero-order valence-electron chi connectivity index (χ0n) is 10.8. The van der Waals surface area contributed by atoms with Crippen LogP contribution >= 0.6 is 11.6 Å². The van der Waals surface area contributed by atoms with E-state index >= 15 is 0 Å². The Hall–Kier alpha value is -1.65. The van der Waals surface area contributed by atoms with Crippen molar-refractivity contribution in [2.45, 2.75) is 6.54 Å². The van der Waals surface area contributed by atoms with Crippen molar-refractivity contribution in [2.75, 3.05) is 19.0 Å². The fourth-order valence-electron chi connectivity index (χ4n) is 1.77. The number of aromatic nitrogens is 1. The first-order chi connectivity index (χ1) is 9.11. The molecule has 5 heteroatoms. The van der Waals surface area contributed by atoms with Crippen molar-refractivity contribution in [3.05, 3.63) is 52.9 Å². The summed E-state index contributed by atoms with van der Waals surface area (Å²) in [7, 11) is 3.74. The second kappa shape index (κ2) is 5.99. The smallest absolute Gasteiger partial charge is 0.133 e. The van der Waals surface area contributed by atoms with E-state index in [2.05, 4.69) is 10.3 Å². The Morgan fingerprint density at radius 3 is 2.63 bits per heavy atom. The maximum Gasteiger partial charge on any atom is 0.133 e. The van der Waals surface area contributed by atoms with Crippen molar-refractivity contribution in [2.24, 2.45) is 0 Å². The summed E-state index contributed by atoms with van der Waals surface area (Å²) in [6, 6.07) is 8.20. The van der Waals surface area contributed by atoms with Gasteiger partial charge in [-0.25, -0.2) is 9.37 Å². The van der Waals surface area contributed by atoms with Crippen LogP contribution in [0.25, 0.3) is 0 Å². The van der Waals surface area contributed by atoms with Crippen LogP contribution < -0.4 is 10.2 Å². The molecule has 0 saturated heterocycles. The van der Waals surface area contributed by atoms with E-state index < -0.39 is 0 Å². The molecule has 100 valence electrons. The summed E-state index contributed by atoms with van der Waals surface area (Å²) in [6.07, 6.45) is 1.63. The second-order valence-corrected chi connectivity index (χ2v) is 4.61. The quantitative estimate of drug-likeness (QED) is 0.930. The van der Waals surface area contributed by atoms with Crippen molar-refractivity contribution in [3.63, 3.8) is 0 Å². The molecule has 2 aromatic rings. The van der Waals surface area contributed by atoms with Crippen molar-refractivity contribution in [1.29, 1.82) is 0 Å². The number of hydrogen-bond donors (Lipinski definition) is 1. The third-order valence-corrected chi connectivity index (χ3v) is 3.19. The van der Waals surface area contributed by atoms with E-state index in [9.17, 15) is 4.39 Å². The summed E-state index contributed by atoms with van der Waals surface area (Å²) in [5, 5.41) is 3.69. The molecule has 1 aromatic carbocycles. The largest absolute Gasteiger partial charge is 0.329 e. The number of nitrogens with one attached hydrogen (secondary N) is 1. The molecule has 0 saturated carbocycles. The zero-order chi connectivity index (χ0) is 13.8. The van der Waals surface area contributed by atoms with E-state index in [-0.39, 0.29) is 5.82 Å². The lowest BCUT2D eigenvalue weighted by Crippen LogP contribution is -2.13. The van der Waals surface area contributed by atoms with Gasteiger partial charge < -0.3 is 10.2 Å². The molecule has 0 spiro atoms. The Morgan fingerprint density at radius 2 is 2.00 bits per heavy atom. The standard InChI is InChI=1S/C14H15ClFN3/c1-17-8-10-7-14(18-9-13(10)15)19(2)12-5-3-11(16)4-6-12/h3-7,9,17H,8H2,1-2H3. The lowest BCUT2D eigenvalue weighted by atomic mass is 10.2. The van der Waals surface area contributed by atoms with Gasteiger partial charge in [0.05, 0.1) is 5.02 Å². The highest BCUT2D eigenvalue weighted by Crippen LogP contribution is 2.25. The summed E-state index contributed by atoms with van der Waals surface area (Å²) in [4.78, 5) is 6.18. The van der Waals surface area contributed by atoms with Gasteiger partial charge in [-0.2, -0.15) is 0 Å². The zero-order valence-corrected chi connectivity index (χ0v) is 11.6. The predicted molar refractivity (Wildman–Crippen MR) is 76.5 cm³/mol. The minimum atomic E-state index is -0.253. The Kier molecular flexibility index (Phi) is 4.35. The summed E-state index contributed by atoms with van der Waals surface area (Å²) < 4.78 is 12.9. The summed E-state index contributed by atoms with van der Waals surface area (Å²) >= 11 is 6.08. The van der Waals surface area contributed by atoms with Gasteiger partial charge in [0.2, 0.25) is 0 Å². The average Bonchev–Trinajstić information content (AvgIpc) is 2.41. The molecule has 19 heavy (non-hydrogen) atoms. The first-order valence-corrected chi connectivity index (χ1v) is 6.28.